The largest absolute Gasteiger partial charge is 0.497 e. The minimum atomic E-state index is -0.350. The summed E-state index contributed by atoms with van der Waals surface area (Å²) in [6.07, 6.45) is 0. The van der Waals surface area contributed by atoms with E-state index < -0.39 is 0 Å². The van der Waals surface area contributed by atoms with Crippen molar-refractivity contribution in [2.45, 2.75) is 26.4 Å². The zero-order valence-electron chi connectivity index (χ0n) is 14.6. The average molecular weight is 341 g/mol. The lowest BCUT2D eigenvalue weighted by Crippen LogP contribution is -2.37. The first-order valence-corrected chi connectivity index (χ1v) is 8.03. The van der Waals surface area contributed by atoms with E-state index in [1.165, 1.54) is 6.92 Å². The van der Waals surface area contributed by atoms with Gasteiger partial charge in [0.2, 0.25) is 11.8 Å². The third kappa shape index (κ3) is 5.93. The van der Waals surface area contributed by atoms with Crippen LogP contribution in [0.2, 0.25) is 0 Å². The highest BCUT2D eigenvalue weighted by Crippen LogP contribution is 2.14. The molecule has 0 heterocycles. The number of carbonyl (C=O) groups is 2. The zero-order valence-corrected chi connectivity index (χ0v) is 14.6. The van der Waals surface area contributed by atoms with Crippen molar-refractivity contribution < 1.29 is 14.3 Å². The molecule has 132 valence electrons. The second-order valence-electron chi connectivity index (χ2n) is 5.70. The summed E-state index contributed by atoms with van der Waals surface area (Å²) in [7, 11) is 1.63. The Morgan fingerprint density at radius 1 is 0.960 bits per heavy atom. The molecule has 0 aliphatic rings. The van der Waals surface area contributed by atoms with Crippen molar-refractivity contribution >= 4 is 23.2 Å². The molecule has 0 aliphatic heterocycles. The van der Waals surface area contributed by atoms with Gasteiger partial charge in [-0.15, -0.1) is 0 Å². The number of methoxy groups -OCH3 is 1. The van der Waals surface area contributed by atoms with E-state index in [0.29, 0.717) is 17.9 Å². The van der Waals surface area contributed by atoms with Gasteiger partial charge in [0.25, 0.3) is 0 Å². The van der Waals surface area contributed by atoms with Gasteiger partial charge in [-0.05, 0) is 48.9 Å². The third-order valence-corrected chi connectivity index (χ3v) is 3.64. The number of benzene rings is 2. The molecule has 2 aromatic carbocycles. The molecule has 1 unspecified atom stereocenters. The Kier molecular flexibility index (Phi) is 6.54. The standard InChI is InChI=1S/C19H23N3O3/c1-13(20-12-15-4-10-18(25-3)11-5-15)19(24)22-17-8-6-16(7-9-17)21-14(2)23/h4-11,13,20H,12H2,1-3H3,(H,21,23)(H,22,24). The number of hydrogen-bond donors (Lipinski definition) is 3. The van der Waals surface area contributed by atoms with E-state index in [1.54, 1.807) is 31.4 Å². The molecule has 0 saturated carbocycles. The van der Waals surface area contributed by atoms with E-state index in [0.717, 1.165) is 11.3 Å². The second kappa shape index (κ2) is 8.84. The molecular weight excluding hydrogens is 318 g/mol. The van der Waals surface area contributed by atoms with Crippen molar-refractivity contribution in [1.29, 1.82) is 0 Å². The summed E-state index contributed by atoms with van der Waals surface area (Å²) in [6, 6.07) is 14.3. The molecule has 25 heavy (non-hydrogen) atoms. The molecule has 0 bridgehead atoms. The predicted octanol–water partition coefficient (Wildman–Crippen LogP) is 2.77. The van der Waals surface area contributed by atoms with Crippen LogP contribution >= 0.6 is 0 Å². The molecule has 1 atom stereocenters. The van der Waals surface area contributed by atoms with Gasteiger partial charge >= 0.3 is 0 Å². The molecule has 0 aromatic heterocycles. The van der Waals surface area contributed by atoms with E-state index in [9.17, 15) is 9.59 Å². The number of anilines is 2. The summed E-state index contributed by atoms with van der Waals surface area (Å²) < 4.78 is 5.12. The molecule has 2 aromatic rings. The van der Waals surface area contributed by atoms with Crippen LogP contribution in [0.3, 0.4) is 0 Å². The van der Waals surface area contributed by atoms with E-state index >= 15 is 0 Å². The van der Waals surface area contributed by atoms with Gasteiger partial charge in [0.15, 0.2) is 0 Å². The van der Waals surface area contributed by atoms with Crippen molar-refractivity contribution in [3.8, 4) is 5.75 Å². The van der Waals surface area contributed by atoms with E-state index in [-0.39, 0.29) is 17.9 Å². The Balaban J connectivity index is 1.83. The van der Waals surface area contributed by atoms with E-state index in [2.05, 4.69) is 16.0 Å². The van der Waals surface area contributed by atoms with Gasteiger partial charge in [-0.1, -0.05) is 12.1 Å². The Morgan fingerprint density at radius 2 is 1.52 bits per heavy atom. The molecule has 0 radical (unpaired) electrons. The van der Waals surface area contributed by atoms with Gasteiger partial charge in [0.05, 0.1) is 13.2 Å². The maximum absolute atomic E-state index is 12.2. The maximum atomic E-state index is 12.2. The van der Waals surface area contributed by atoms with Crippen LogP contribution in [-0.4, -0.2) is 25.0 Å². The monoisotopic (exact) mass is 341 g/mol. The quantitative estimate of drug-likeness (QED) is 0.723. The fourth-order valence-corrected chi connectivity index (χ4v) is 2.20. The first kappa shape index (κ1) is 18.5. The van der Waals surface area contributed by atoms with Gasteiger partial charge in [-0.2, -0.15) is 0 Å². The van der Waals surface area contributed by atoms with Crippen molar-refractivity contribution in [2.24, 2.45) is 0 Å². The summed E-state index contributed by atoms with van der Waals surface area (Å²) in [6.45, 7) is 3.84. The molecule has 6 nitrogen and oxygen atoms in total. The van der Waals surface area contributed by atoms with Crippen molar-refractivity contribution in [1.82, 2.24) is 5.32 Å². The highest BCUT2D eigenvalue weighted by atomic mass is 16.5. The first-order chi connectivity index (χ1) is 12.0. The predicted molar refractivity (Wildman–Crippen MR) is 98.7 cm³/mol. The van der Waals surface area contributed by atoms with E-state index in [4.69, 9.17) is 4.74 Å². The minimum absolute atomic E-state index is 0.124. The summed E-state index contributed by atoms with van der Waals surface area (Å²) in [5.74, 6) is 0.547. The molecule has 0 saturated heterocycles. The van der Waals surface area contributed by atoms with Crippen molar-refractivity contribution in [3.63, 3.8) is 0 Å². The summed E-state index contributed by atoms with van der Waals surface area (Å²) in [5, 5.41) is 8.71. The van der Waals surface area contributed by atoms with Crippen LogP contribution in [0.4, 0.5) is 11.4 Å². The minimum Gasteiger partial charge on any atom is -0.497 e. The van der Waals surface area contributed by atoms with Crippen LogP contribution in [-0.2, 0) is 16.1 Å². The summed E-state index contributed by atoms with van der Waals surface area (Å²) in [5.41, 5.74) is 2.44. The molecule has 6 heteroatoms. The average Bonchev–Trinajstić information content (AvgIpc) is 2.61. The van der Waals surface area contributed by atoms with Crippen molar-refractivity contribution in [2.75, 3.05) is 17.7 Å². The Hall–Kier alpha value is -2.86. The van der Waals surface area contributed by atoms with Crippen LogP contribution in [0, 0.1) is 0 Å². The van der Waals surface area contributed by atoms with Crippen LogP contribution < -0.4 is 20.7 Å². The van der Waals surface area contributed by atoms with Gasteiger partial charge in [-0.3, -0.25) is 9.59 Å². The SMILES string of the molecule is COc1ccc(CNC(C)C(=O)Nc2ccc(NC(C)=O)cc2)cc1. The maximum Gasteiger partial charge on any atom is 0.241 e. The fourth-order valence-electron chi connectivity index (χ4n) is 2.20. The van der Waals surface area contributed by atoms with Gasteiger partial charge in [0, 0.05) is 24.8 Å². The number of amides is 2. The molecule has 0 spiro atoms. The Bertz CT molecular complexity index is 712. The highest BCUT2D eigenvalue weighted by Gasteiger charge is 2.12. The van der Waals surface area contributed by atoms with E-state index in [1.807, 2.05) is 31.2 Å². The van der Waals surface area contributed by atoms with Crippen LogP contribution in [0.5, 0.6) is 5.75 Å². The van der Waals surface area contributed by atoms with Crippen LogP contribution in [0.15, 0.2) is 48.5 Å². The lowest BCUT2D eigenvalue weighted by Gasteiger charge is -2.14. The zero-order chi connectivity index (χ0) is 18.2. The normalized spacial score (nSPS) is 11.5. The number of rotatable bonds is 7. The highest BCUT2D eigenvalue weighted by molar-refractivity contribution is 5.95. The third-order valence-electron chi connectivity index (χ3n) is 3.64. The molecule has 2 rings (SSSR count). The molecule has 0 fully saturated rings. The first-order valence-electron chi connectivity index (χ1n) is 8.03. The number of nitrogens with one attached hydrogen (secondary N) is 3. The number of carbonyl (C=O) groups excluding carboxylic acids is 2. The lowest BCUT2D eigenvalue weighted by molar-refractivity contribution is -0.118. The smallest absolute Gasteiger partial charge is 0.241 e. The van der Waals surface area contributed by atoms with Crippen LogP contribution in [0.25, 0.3) is 0 Å². The summed E-state index contributed by atoms with van der Waals surface area (Å²) in [4.78, 5) is 23.2. The second-order valence-corrected chi connectivity index (χ2v) is 5.70. The number of ether oxygens (including phenoxy) is 1. The molecule has 0 aliphatic carbocycles. The number of hydrogen-bond acceptors (Lipinski definition) is 4. The van der Waals surface area contributed by atoms with Crippen LogP contribution in [0.1, 0.15) is 19.4 Å². The molecule has 3 N–H and O–H groups in total. The topological polar surface area (TPSA) is 79.5 Å². The Labute approximate surface area is 147 Å². The van der Waals surface area contributed by atoms with Gasteiger partial charge in [-0.25, -0.2) is 0 Å². The molecule has 2 amide bonds. The van der Waals surface area contributed by atoms with Crippen molar-refractivity contribution in [3.05, 3.63) is 54.1 Å². The fraction of sp³-hybridized carbons (Fsp3) is 0.263. The lowest BCUT2D eigenvalue weighted by atomic mass is 10.2. The summed E-state index contributed by atoms with van der Waals surface area (Å²) >= 11 is 0. The molecular formula is C19H23N3O3. The van der Waals surface area contributed by atoms with Gasteiger partial charge < -0.3 is 20.7 Å². The van der Waals surface area contributed by atoms with Gasteiger partial charge in [0.1, 0.15) is 5.75 Å². The Morgan fingerprint density at radius 3 is 2.04 bits per heavy atom.